The van der Waals surface area contributed by atoms with Gasteiger partial charge in [-0.15, -0.1) is 0 Å². The Kier molecular flexibility index (Phi) is 5.27. The molecule has 3 aromatic rings. The van der Waals surface area contributed by atoms with Crippen LogP contribution >= 0.6 is 0 Å². The van der Waals surface area contributed by atoms with Crippen molar-refractivity contribution < 1.29 is 9.53 Å². The molecule has 0 radical (unpaired) electrons. The van der Waals surface area contributed by atoms with Gasteiger partial charge in [0.1, 0.15) is 5.75 Å². The van der Waals surface area contributed by atoms with E-state index in [4.69, 9.17) is 4.74 Å². The SMILES string of the molecule is Cc1ccc(Oc2cnn(C)c(=O)c2Nc2ccc(C(=O)NC3CC3)cc2)cc1C. The van der Waals surface area contributed by atoms with E-state index in [0.717, 1.165) is 24.0 Å². The van der Waals surface area contributed by atoms with Gasteiger partial charge in [-0.2, -0.15) is 5.10 Å². The lowest BCUT2D eigenvalue weighted by atomic mass is 10.1. The number of nitrogens with zero attached hydrogens (tertiary/aromatic N) is 2. The first-order valence-electron chi connectivity index (χ1n) is 9.90. The number of ether oxygens (including phenoxy) is 1. The van der Waals surface area contributed by atoms with Crippen molar-refractivity contribution in [1.29, 1.82) is 0 Å². The molecule has 1 heterocycles. The molecule has 1 saturated carbocycles. The molecule has 0 atom stereocenters. The monoisotopic (exact) mass is 404 g/mol. The van der Waals surface area contributed by atoms with Gasteiger partial charge in [0.15, 0.2) is 11.4 Å². The van der Waals surface area contributed by atoms with Crippen LogP contribution in [-0.4, -0.2) is 21.7 Å². The molecule has 0 unspecified atom stereocenters. The van der Waals surface area contributed by atoms with Gasteiger partial charge in [0.05, 0.1) is 6.20 Å². The molecule has 1 fully saturated rings. The molecule has 30 heavy (non-hydrogen) atoms. The largest absolute Gasteiger partial charge is 0.453 e. The van der Waals surface area contributed by atoms with Gasteiger partial charge in [-0.05, 0) is 74.2 Å². The maximum absolute atomic E-state index is 12.7. The summed E-state index contributed by atoms with van der Waals surface area (Å²) in [5.41, 5.74) is 3.48. The summed E-state index contributed by atoms with van der Waals surface area (Å²) in [6, 6.07) is 13.0. The van der Waals surface area contributed by atoms with Crippen LogP contribution < -0.4 is 20.9 Å². The fourth-order valence-electron chi connectivity index (χ4n) is 2.97. The summed E-state index contributed by atoms with van der Waals surface area (Å²) in [7, 11) is 1.58. The zero-order valence-electron chi connectivity index (χ0n) is 17.2. The minimum absolute atomic E-state index is 0.0809. The topological polar surface area (TPSA) is 85.2 Å². The van der Waals surface area contributed by atoms with Crippen LogP contribution in [0.3, 0.4) is 0 Å². The number of rotatable bonds is 6. The summed E-state index contributed by atoms with van der Waals surface area (Å²) in [6.07, 6.45) is 3.59. The molecule has 4 rings (SSSR count). The van der Waals surface area contributed by atoms with Gasteiger partial charge in [-0.25, -0.2) is 4.68 Å². The van der Waals surface area contributed by atoms with Crippen LogP contribution in [0.4, 0.5) is 11.4 Å². The second-order valence-electron chi connectivity index (χ2n) is 7.61. The second kappa shape index (κ2) is 8.02. The highest BCUT2D eigenvalue weighted by Crippen LogP contribution is 2.29. The Hall–Kier alpha value is -3.61. The van der Waals surface area contributed by atoms with Gasteiger partial charge in [0, 0.05) is 24.3 Å². The van der Waals surface area contributed by atoms with Gasteiger partial charge in [0.25, 0.3) is 11.5 Å². The molecule has 0 saturated heterocycles. The average Bonchev–Trinajstić information content (AvgIpc) is 3.55. The van der Waals surface area contributed by atoms with Crippen molar-refractivity contribution in [2.45, 2.75) is 32.7 Å². The zero-order valence-corrected chi connectivity index (χ0v) is 17.2. The predicted molar refractivity (Wildman–Crippen MR) is 116 cm³/mol. The number of hydrogen-bond acceptors (Lipinski definition) is 5. The van der Waals surface area contributed by atoms with E-state index < -0.39 is 0 Å². The van der Waals surface area contributed by atoms with Crippen molar-refractivity contribution in [3.05, 3.63) is 75.7 Å². The van der Waals surface area contributed by atoms with E-state index in [1.807, 2.05) is 32.0 Å². The Labute approximate surface area is 174 Å². The van der Waals surface area contributed by atoms with Crippen molar-refractivity contribution in [1.82, 2.24) is 15.1 Å². The summed E-state index contributed by atoms with van der Waals surface area (Å²) in [5, 5.41) is 10.2. The Morgan fingerprint density at radius 1 is 1.10 bits per heavy atom. The van der Waals surface area contributed by atoms with E-state index >= 15 is 0 Å². The van der Waals surface area contributed by atoms with Crippen molar-refractivity contribution in [2.24, 2.45) is 7.05 Å². The molecule has 0 aliphatic heterocycles. The first-order valence-corrected chi connectivity index (χ1v) is 9.90. The van der Waals surface area contributed by atoms with Crippen LogP contribution in [-0.2, 0) is 7.05 Å². The van der Waals surface area contributed by atoms with Crippen LogP contribution in [0.1, 0.15) is 34.3 Å². The molecule has 2 N–H and O–H groups in total. The lowest BCUT2D eigenvalue weighted by molar-refractivity contribution is 0.0951. The molecule has 1 aliphatic carbocycles. The molecule has 0 spiro atoms. The molecule has 2 aromatic carbocycles. The molecule has 1 amide bonds. The Morgan fingerprint density at radius 2 is 1.83 bits per heavy atom. The summed E-state index contributed by atoms with van der Waals surface area (Å²) in [4.78, 5) is 24.9. The van der Waals surface area contributed by atoms with Crippen molar-refractivity contribution in [2.75, 3.05) is 5.32 Å². The van der Waals surface area contributed by atoms with Gasteiger partial charge < -0.3 is 15.4 Å². The van der Waals surface area contributed by atoms with Crippen LogP contribution in [0.2, 0.25) is 0 Å². The lowest BCUT2D eigenvalue weighted by Gasteiger charge is -2.14. The highest BCUT2D eigenvalue weighted by atomic mass is 16.5. The number of aromatic nitrogens is 2. The standard InChI is InChI=1S/C23H24N4O3/c1-14-4-11-19(12-15(14)2)30-20-13-24-27(3)23(29)21(20)25-17-7-5-16(6-8-17)22(28)26-18-9-10-18/h4-8,11-13,18,25H,9-10H2,1-3H3,(H,26,28). The van der Waals surface area contributed by atoms with Crippen molar-refractivity contribution >= 4 is 17.3 Å². The number of hydrogen-bond donors (Lipinski definition) is 2. The Morgan fingerprint density at radius 3 is 2.50 bits per heavy atom. The quantitative estimate of drug-likeness (QED) is 0.652. The van der Waals surface area contributed by atoms with Gasteiger partial charge in [-0.1, -0.05) is 6.07 Å². The number of nitrogens with one attached hydrogen (secondary N) is 2. The van der Waals surface area contributed by atoms with Crippen LogP contribution in [0.15, 0.2) is 53.5 Å². The van der Waals surface area contributed by atoms with Crippen molar-refractivity contribution in [3.63, 3.8) is 0 Å². The normalized spacial score (nSPS) is 13.0. The second-order valence-corrected chi connectivity index (χ2v) is 7.61. The first-order chi connectivity index (χ1) is 14.4. The third kappa shape index (κ3) is 4.35. The molecule has 7 nitrogen and oxygen atoms in total. The van der Waals surface area contributed by atoms with Crippen LogP contribution in [0.5, 0.6) is 11.5 Å². The maximum atomic E-state index is 12.7. The number of carbonyl (C=O) groups is 1. The molecule has 7 heteroatoms. The highest BCUT2D eigenvalue weighted by molar-refractivity contribution is 5.95. The fraction of sp³-hybridized carbons (Fsp3) is 0.261. The average molecular weight is 404 g/mol. The highest BCUT2D eigenvalue weighted by Gasteiger charge is 2.23. The van der Waals surface area contributed by atoms with E-state index in [1.54, 1.807) is 31.3 Å². The number of anilines is 2. The Balaban J connectivity index is 1.58. The Bertz CT molecular complexity index is 1150. The number of aryl methyl sites for hydroxylation is 3. The first kappa shape index (κ1) is 19.7. The van der Waals surface area contributed by atoms with E-state index in [1.165, 1.54) is 10.9 Å². The molecule has 1 aliphatic rings. The van der Waals surface area contributed by atoms with Gasteiger partial charge in [-0.3, -0.25) is 9.59 Å². The summed E-state index contributed by atoms with van der Waals surface area (Å²) < 4.78 is 7.21. The lowest BCUT2D eigenvalue weighted by Crippen LogP contribution is -2.25. The molecule has 0 bridgehead atoms. The summed E-state index contributed by atoms with van der Waals surface area (Å²) in [6.45, 7) is 4.03. The predicted octanol–water partition coefficient (Wildman–Crippen LogP) is 3.83. The molecule has 1 aromatic heterocycles. The smallest absolute Gasteiger partial charge is 0.294 e. The maximum Gasteiger partial charge on any atom is 0.294 e. The molecule has 154 valence electrons. The molecular formula is C23H24N4O3. The number of carbonyl (C=O) groups excluding carboxylic acids is 1. The van der Waals surface area contributed by atoms with E-state index in [-0.39, 0.29) is 17.2 Å². The van der Waals surface area contributed by atoms with Gasteiger partial charge in [0.2, 0.25) is 0 Å². The fourth-order valence-corrected chi connectivity index (χ4v) is 2.97. The zero-order chi connectivity index (χ0) is 21.3. The van der Waals surface area contributed by atoms with E-state index in [0.29, 0.717) is 28.8 Å². The van der Waals surface area contributed by atoms with Gasteiger partial charge >= 0.3 is 0 Å². The summed E-state index contributed by atoms with van der Waals surface area (Å²) in [5.74, 6) is 0.878. The van der Waals surface area contributed by atoms with Crippen LogP contribution in [0, 0.1) is 13.8 Å². The summed E-state index contributed by atoms with van der Waals surface area (Å²) >= 11 is 0. The number of amides is 1. The third-order valence-electron chi connectivity index (χ3n) is 5.14. The van der Waals surface area contributed by atoms with Crippen LogP contribution in [0.25, 0.3) is 0 Å². The van der Waals surface area contributed by atoms with E-state index in [9.17, 15) is 9.59 Å². The number of benzene rings is 2. The van der Waals surface area contributed by atoms with E-state index in [2.05, 4.69) is 15.7 Å². The van der Waals surface area contributed by atoms with Crippen molar-refractivity contribution in [3.8, 4) is 11.5 Å². The molecular weight excluding hydrogens is 380 g/mol. The minimum Gasteiger partial charge on any atom is -0.453 e. The third-order valence-corrected chi connectivity index (χ3v) is 5.14. The minimum atomic E-state index is -0.313.